The second kappa shape index (κ2) is 7.79. The number of benzene rings is 2. The molecule has 142 valence electrons. The maximum Gasteiger partial charge on any atom is 0.255 e. The molecule has 0 atom stereocenters. The Kier molecular flexibility index (Phi) is 5.46. The van der Waals surface area contributed by atoms with Crippen LogP contribution in [-0.2, 0) is 14.8 Å². The smallest absolute Gasteiger partial charge is 0.255 e. The number of piperidine rings is 1. The van der Waals surface area contributed by atoms with Gasteiger partial charge in [0.2, 0.25) is 15.9 Å². The van der Waals surface area contributed by atoms with Crippen LogP contribution in [0.15, 0.2) is 48.5 Å². The van der Waals surface area contributed by atoms with Crippen LogP contribution in [-0.4, -0.2) is 33.0 Å². The maximum atomic E-state index is 12.4. The minimum absolute atomic E-state index is 0.0960. The number of nitrogens with zero attached hydrogens (tertiary/aromatic N) is 1. The van der Waals surface area contributed by atoms with Gasteiger partial charge in [-0.2, -0.15) is 0 Å². The van der Waals surface area contributed by atoms with Crippen molar-refractivity contribution in [3.63, 3.8) is 0 Å². The summed E-state index contributed by atoms with van der Waals surface area (Å²) in [5.74, 6) is -0.221. The van der Waals surface area contributed by atoms with E-state index >= 15 is 0 Å². The monoisotopic (exact) mass is 387 g/mol. The number of anilines is 3. The highest BCUT2D eigenvalue weighted by molar-refractivity contribution is 7.92. The lowest BCUT2D eigenvalue weighted by molar-refractivity contribution is -0.119. The van der Waals surface area contributed by atoms with E-state index in [1.54, 1.807) is 35.2 Å². The van der Waals surface area contributed by atoms with Crippen LogP contribution < -0.4 is 14.9 Å². The lowest BCUT2D eigenvalue weighted by atomic mass is 10.1. The maximum absolute atomic E-state index is 12.4. The highest BCUT2D eigenvalue weighted by Crippen LogP contribution is 2.24. The molecule has 0 radical (unpaired) electrons. The Morgan fingerprint density at radius 2 is 1.78 bits per heavy atom. The molecule has 2 aromatic carbocycles. The van der Waals surface area contributed by atoms with Gasteiger partial charge in [0.25, 0.3) is 5.91 Å². The van der Waals surface area contributed by atoms with Crippen LogP contribution in [0, 0.1) is 0 Å². The fourth-order valence-corrected chi connectivity index (χ4v) is 3.50. The predicted molar refractivity (Wildman–Crippen MR) is 106 cm³/mol. The Balaban J connectivity index is 1.70. The summed E-state index contributed by atoms with van der Waals surface area (Å²) < 4.78 is 24.8. The standard InChI is InChI=1S/C19H21N3O4S/c1-27(25,26)21-15-10-8-14(9-11-15)19(24)20-16-5-4-6-17(13-16)22-12-3-2-7-18(22)23/h4-6,8-11,13,21H,2-3,7,12H2,1H3,(H,20,24). The van der Waals surface area contributed by atoms with E-state index in [-0.39, 0.29) is 11.8 Å². The van der Waals surface area contributed by atoms with Crippen molar-refractivity contribution in [1.82, 2.24) is 0 Å². The zero-order valence-corrected chi connectivity index (χ0v) is 15.8. The van der Waals surface area contributed by atoms with Gasteiger partial charge in [0.15, 0.2) is 0 Å². The first-order chi connectivity index (χ1) is 12.8. The molecule has 0 spiro atoms. The first-order valence-electron chi connectivity index (χ1n) is 8.61. The molecular formula is C19H21N3O4S. The minimum Gasteiger partial charge on any atom is -0.322 e. The number of nitrogens with one attached hydrogen (secondary N) is 2. The molecular weight excluding hydrogens is 366 g/mol. The van der Waals surface area contributed by atoms with E-state index in [2.05, 4.69) is 10.0 Å². The van der Waals surface area contributed by atoms with E-state index in [0.29, 0.717) is 29.9 Å². The van der Waals surface area contributed by atoms with Gasteiger partial charge >= 0.3 is 0 Å². The third kappa shape index (κ3) is 5.07. The first-order valence-corrected chi connectivity index (χ1v) is 10.5. The van der Waals surface area contributed by atoms with Gasteiger partial charge in [0.05, 0.1) is 6.26 Å². The summed E-state index contributed by atoms with van der Waals surface area (Å²) in [6.45, 7) is 0.686. The fraction of sp³-hybridized carbons (Fsp3) is 0.263. The Morgan fingerprint density at radius 1 is 1.04 bits per heavy atom. The van der Waals surface area contributed by atoms with Crippen molar-refractivity contribution in [2.45, 2.75) is 19.3 Å². The summed E-state index contributed by atoms with van der Waals surface area (Å²) >= 11 is 0. The Bertz CT molecular complexity index is 955. The number of amides is 2. The SMILES string of the molecule is CS(=O)(=O)Nc1ccc(C(=O)Nc2cccc(N3CCCCC3=O)c2)cc1. The Hall–Kier alpha value is -2.87. The zero-order chi connectivity index (χ0) is 19.4. The van der Waals surface area contributed by atoms with Crippen molar-refractivity contribution in [3.05, 3.63) is 54.1 Å². The number of carbonyl (C=O) groups is 2. The molecule has 0 bridgehead atoms. The van der Waals surface area contributed by atoms with Gasteiger partial charge in [0.1, 0.15) is 0 Å². The summed E-state index contributed by atoms with van der Waals surface area (Å²) in [7, 11) is -3.36. The Morgan fingerprint density at radius 3 is 2.44 bits per heavy atom. The molecule has 2 aromatic rings. The van der Waals surface area contributed by atoms with Crippen molar-refractivity contribution in [2.24, 2.45) is 0 Å². The highest BCUT2D eigenvalue weighted by Gasteiger charge is 2.19. The quantitative estimate of drug-likeness (QED) is 0.825. The molecule has 8 heteroatoms. The van der Waals surface area contributed by atoms with Gasteiger partial charge in [-0.05, 0) is 55.3 Å². The second-order valence-corrected chi connectivity index (χ2v) is 8.21. The average Bonchev–Trinajstić information content (AvgIpc) is 2.61. The molecule has 0 aliphatic carbocycles. The molecule has 1 aliphatic heterocycles. The van der Waals surface area contributed by atoms with Gasteiger partial charge in [0, 0.05) is 35.6 Å². The molecule has 0 unspecified atom stereocenters. The number of hydrogen-bond acceptors (Lipinski definition) is 4. The van der Waals surface area contributed by atoms with Crippen molar-refractivity contribution in [2.75, 3.05) is 27.7 Å². The fourth-order valence-electron chi connectivity index (χ4n) is 2.94. The van der Waals surface area contributed by atoms with Gasteiger partial charge in [-0.3, -0.25) is 14.3 Å². The van der Waals surface area contributed by atoms with Gasteiger partial charge < -0.3 is 10.2 Å². The molecule has 1 heterocycles. The topological polar surface area (TPSA) is 95.6 Å². The summed E-state index contributed by atoms with van der Waals surface area (Å²) in [5.41, 5.74) is 2.15. The van der Waals surface area contributed by atoms with Crippen LogP contribution in [0.4, 0.5) is 17.1 Å². The van der Waals surface area contributed by atoms with E-state index in [1.807, 2.05) is 6.07 Å². The number of carbonyl (C=O) groups excluding carboxylic acids is 2. The summed E-state index contributed by atoms with van der Waals surface area (Å²) in [4.78, 5) is 26.2. The van der Waals surface area contributed by atoms with Crippen LogP contribution in [0.5, 0.6) is 0 Å². The van der Waals surface area contributed by atoms with E-state index in [1.165, 1.54) is 12.1 Å². The molecule has 1 saturated heterocycles. The third-order valence-electron chi connectivity index (χ3n) is 4.19. The van der Waals surface area contributed by atoms with E-state index < -0.39 is 10.0 Å². The minimum atomic E-state index is -3.36. The van der Waals surface area contributed by atoms with Crippen molar-refractivity contribution >= 4 is 38.9 Å². The molecule has 7 nitrogen and oxygen atoms in total. The molecule has 1 fully saturated rings. The normalized spacial score (nSPS) is 14.7. The van der Waals surface area contributed by atoms with Crippen molar-refractivity contribution < 1.29 is 18.0 Å². The summed E-state index contributed by atoms with van der Waals surface area (Å²) in [5, 5.41) is 2.80. The van der Waals surface area contributed by atoms with E-state index in [9.17, 15) is 18.0 Å². The Labute approximate surface area is 158 Å². The molecule has 3 rings (SSSR count). The molecule has 0 saturated carbocycles. The molecule has 2 amide bonds. The largest absolute Gasteiger partial charge is 0.322 e. The molecule has 27 heavy (non-hydrogen) atoms. The predicted octanol–water partition coefficient (Wildman–Crippen LogP) is 2.83. The third-order valence-corrected chi connectivity index (χ3v) is 4.80. The second-order valence-electron chi connectivity index (χ2n) is 6.46. The first kappa shape index (κ1) is 18.9. The van der Waals surface area contributed by atoms with Crippen LogP contribution in [0.2, 0.25) is 0 Å². The lowest BCUT2D eigenvalue weighted by Crippen LogP contribution is -2.35. The van der Waals surface area contributed by atoms with Crippen LogP contribution in [0.1, 0.15) is 29.6 Å². The average molecular weight is 387 g/mol. The highest BCUT2D eigenvalue weighted by atomic mass is 32.2. The zero-order valence-electron chi connectivity index (χ0n) is 14.9. The molecule has 2 N–H and O–H groups in total. The van der Waals surface area contributed by atoms with E-state index in [4.69, 9.17) is 0 Å². The van der Waals surface area contributed by atoms with Gasteiger partial charge in [-0.15, -0.1) is 0 Å². The van der Waals surface area contributed by atoms with Gasteiger partial charge in [-0.1, -0.05) is 6.07 Å². The van der Waals surface area contributed by atoms with Crippen molar-refractivity contribution in [3.8, 4) is 0 Å². The lowest BCUT2D eigenvalue weighted by Gasteiger charge is -2.27. The number of rotatable bonds is 5. The van der Waals surface area contributed by atoms with Gasteiger partial charge in [-0.25, -0.2) is 8.42 Å². The molecule has 0 aromatic heterocycles. The van der Waals surface area contributed by atoms with Crippen molar-refractivity contribution in [1.29, 1.82) is 0 Å². The van der Waals surface area contributed by atoms with E-state index in [0.717, 1.165) is 24.8 Å². The van der Waals surface area contributed by atoms with Crippen LogP contribution in [0.25, 0.3) is 0 Å². The summed E-state index contributed by atoms with van der Waals surface area (Å²) in [6, 6.07) is 13.3. The van der Waals surface area contributed by atoms with Crippen LogP contribution >= 0.6 is 0 Å². The number of hydrogen-bond donors (Lipinski definition) is 2. The van der Waals surface area contributed by atoms with Crippen LogP contribution in [0.3, 0.4) is 0 Å². The summed E-state index contributed by atoms with van der Waals surface area (Å²) in [6.07, 6.45) is 3.49. The number of sulfonamides is 1. The molecule has 1 aliphatic rings.